The summed E-state index contributed by atoms with van der Waals surface area (Å²) in [6.45, 7) is 2.56. The fraction of sp³-hybridized carbons (Fsp3) is 0.200. The van der Waals surface area contributed by atoms with Crippen LogP contribution in [-0.2, 0) is 6.42 Å². The van der Waals surface area contributed by atoms with Crippen LogP contribution in [0, 0.1) is 6.92 Å². The van der Waals surface area contributed by atoms with E-state index in [1.165, 1.54) is 16.2 Å². The first-order chi connectivity index (χ1) is 10.2. The van der Waals surface area contributed by atoms with E-state index in [2.05, 4.69) is 21.4 Å². The molecule has 0 radical (unpaired) electrons. The van der Waals surface area contributed by atoms with Crippen LogP contribution in [0.2, 0.25) is 0 Å². The third-order valence-corrected chi connectivity index (χ3v) is 4.97. The number of hydrogen-bond donors (Lipinski definition) is 2. The third-order valence-electron chi connectivity index (χ3n) is 3.02. The number of rotatable bonds is 5. The molecule has 3 heterocycles. The van der Waals surface area contributed by atoms with E-state index in [4.69, 9.17) is 0 Å². The van der Waals surface area contributed by atoms with Gasteiger partial charge in [-0.25, -0.2) is 4.98 Å². The van der Waals surface area contributed by atoms with Crippen LogP contribution < -0.4 is 5.32 Å². The number of amides is 1. The highest BCUT2D eigenvalue weighted by atomic mass is 32.1. The summed E-state index contributed by atoms with van der Waals surface area (Å²) in [7, 11) is 0. The molecule has 0 fully saturated rings. The molecule has 6 heteroatoms. The van der Waals surface area contributed by atoms with E-state index in [1.807, 2.05) is 36.0 Å². The molecular weight excluding hydrogens is 302 g/mol. The van der Waals surface area contributed by atoms with Crippen LogP contribution in [-0.4, -0.2) is 22.4 Å². The smallest absolute Gasteiger partial charge is 0.261 e. The number of imidazole rings is 1. The average molecular weight is 317 g/mol. The molecular formula is C15H15N3OS2. The summed E-state index contributed by atoms with van der Waals surface area (Å²) in [5.41, 5.74) is 2.15. The zero-order chi connectivity index (χ0) is 14.7. The molecule has 3 rings (SSSR count). The van der Waals surface area contributed by atoms with Crippen molar-refractivity contribution in [3.05, 3.63) is 51.4 Å². The number of carbonyl (C=O) groups is 1. The highest BCUT2D eigenvalue weighted by molar-refractivity contribution is 7.13. The van der Waals surface area contributed by atoms with Crippen LogP contribution in [0.15, 0.2) is 35.2 Å². The van der Waals surface area contributed by atoms with Crippen LogP contribution in [0.25, 0.3) is 10.6 Å². The Morgan fingerprint density at radius 2 is 2.33 bits per heavy atom. The van der Waals surface area contributed by atoms with Gasteiger partial charge in [0.25, 0.3) is 5.91 Å². The molecule has 0 aliphatic heterocycles. The van der Waals surface area contributed by atoms with Crippen molar-refractivity contribution in [2.24, 2.45) is 0 Å². The Balaban J connectivity index is 1.53. The summed E-state index contributed by atoms with van der Waals surface area (Å²) >= 11 is 3.15. The van der Waals surface area contributed by atoms with Crippen molar-refractivity contribution in [2.45, 2.75) is 13.3 Å². The predicted molar refractivity (Wildman–Crippen MR) is 87.0 cm³/mol. The Bertz CT molecular complexity index is 728. The molecule has 0 saturated heterocycles. The number of H-pyrrole nitrogens is 1. The zero-order valence-corrected chi connectivity index (χ0v) is 13.2. The van der Waals surface area contributed by atoms with Gasteiger partial charge in [-0.2, -0.15) is 0 Å². The molecule has 0 bridgehead atoms. The molecule has 108 valence electrons. The van der Waals surface area contributed by atoms with E-state index in [-0.39, 0.29) is 5.91 Å². The van der Waals surface area contributed by atoms with E-state index in [9.17, 15) is 4.79 Å². The van der Waals surface area contributed by atoms with Gasteiger partial charge in [-0.1, -0.05) is 6.07 Å². The topological polar surface area (TPSA) is 57.8 Å². The number of nitrogens with one attached hydrogen (secondary N) is 2. The molecule has 0 aliphatic carbocycles. The van der Waals surface area contributed by atoms with Gasteiger partial charge in [0.1, 0.15) is 5.82 Å². The molecule has 0 saturated carbocycles. The Morgan fingerprint density at radius 1 is 1.43 bits per heavy atom. The predicted octanol–water partition coefficient (Wildman–Crippen LogP) is 3.48. The molecule has 0 aliphatic rings. The maximum Gasteiger partial charge on any atom is 0.261 e. The third kappa shape index (κ3) is 3.40. The SMILES string of the molecule is Cc1csc(C(=O)NCCc2ncc(-c3cccs3)[nH]2)c1. The average Bonchev–Trinajstić information content (AvgIpc) is 3.19. The van der Waals surface area contributed by atoms with Crippen LogP contribution in [0.5, 0.6) is 0 Å². The van der Waals surface area contributed by atoms with E-state index >= 15 is 0 Å². The highest BCUT2D eigenvalue weighted by Crippen LogP contribution is 2.22. The van der Waals surface area contributed by atoms with Crippen molar-refractivity contribution in [1.82, 2.24) is 15.3 Å². The lowest BCUT2D eigenvalue weighted by Crippen LogP contribution is -2.25. The van der Waals surface area contributed by atoms with Crippen molar-refractivity contribution in [3.63, 3.8) is 0 Å². The fourth-order valence-electron chi connectivity index (χ4n) is 1.98. The van der Waals surface area contributed by atoms with Crippen molar-refractivity contribution >= 4 is 28.6 Å². The van der Waals surface area contributed by atoms with Crippen molar-refractivity contribution in [1.29, 1.82) is 0 Å². The molecule has 0 spiro atoms. The number of aromatic nitrogens is 2. The Kier molecular flexibility index (Phi) is 4.17. The monoisotopic (exact) mass is 317 g/mol. The van der Waals surface area contributed by atoms with Gasteiger partial charge < -0.3 is 10.3 Å². The summed E-state index contributed by atoms with van der Waals surface area (Å²) in [5, 5.41) is 6.94. The summed E-state index contributed by atoms with van der Waals surface area (Å²) < 4.78 is 0. The second kappa shape index (κ2) is 6.24. The van der Waals surface area contributed by atoms with Gasteiger partial charge >= 0.3 is 0 Å². The van der Waals surface area contributed by atoms with Gasteiger partial charge in [0.15, 0.2) is 0 Å². The summed E-state index contributed by atoms with van der Waals surface area (Å²) in [6.07, 6.45) is 2.53. The lowest BCUT2D eigenvalue weighted by Gasteiger charge is -2.01. The van der Waals surface area contributed by atoms with Gasteiger partial charge in [-0.15, -0.1) is 22.7 Å². The molecule has 1 amide bonds. The molecule has 21 heavy (non-hydrogen) atoms. The van der Waals surface area contributed by atoms with Gasteiger partial charge in [0.05, 0.1) is 21.6 Å². The van der Waals surface area contributed by atoms with Crippen LogP contribution in [0.3, 0.4) is 0 Å². The quantitative estimate of drug-likeness (QED) is 0.757. The number of aromatic amines is 1. The normalized spacial score (nSPS) is 10.7. The minimum Gasteiger partial charge on any atom is -0.351 e. The van der Waals surface area contributed by atoms with Gasteiger partial charge in [0, 0.05) is 13.0 Å². The molecule has 3 aromatic heterocycles. The van der Waals surface area contributed by atoms with E-state index < -0.39 is 0 Å². The van der Waals surface area contributed by atoms with Crippen molar-refractivity contribution < 1.29 is 4.79 Å². The first-order valence-electron chi connectivity index (χ1n) is 6.63. The summed E-state index contributed by atoms with van der Waals surface area (Å²) in [6, 6.07) is 5.98. The zero-order valence-electron chi connectivity index (χ0n) is 11.6. The number of thiophene rings is 2. The Morgan fingerprint density at radius 3 is 3.05 bits per heavy atom. The maximum atomic E-state index is 11.9. The van der Waals surface area contributed by atoms with Gasteiger partial charge in [-0.05, 0) is 35.4 Å². The van der Waals surface area contributed by atoms with E-state index in [1.54, 1.807) is 11.3 Å². The number of carbonyl (C=O) groups excluding carboxylic acids is 1. The molecule has 3 aromatic rings. The van der Waals surface area contributed by atoms with Crippen LogP contribution in [0.1, 0.15) is 21.1 Å². The van der Waals surface area contributed by atoms with Gasteiger partial charge in [-0.3, -0.25) is 4.79 Å². The lowest BCUT2D eigenvalue weighted by molar-refractivity contribution is 0.0958. The maximum absolute atomic E-state index is 11.9. The second-order valence-electron chi connectivity index (χ2n) is 4.72. The van der Waals surface area contributed by atoms with Crippen LogP contribution >= 0.6 is 22.7 Å². The summed E-state index contributed by atoms with van der Waals surface area (Å²) in [5.74, 6) is 0.874. The number of aryl methyl sites for hydroxylation is 1. The molecule has 0 unspecified atom stereocenters. The first-order valence-corrected chi connectivity index (χ1v) is 8.39. The van der Waals surface area contributed by atoms with Crippen LogP contribution in [0.4, 0.5) is 0 Å². The van der Waals surface area contributed by atoms with Crippen molar-refractivity contribution in [3.8, 4) is 10.6 Å². The molecule has 0 aromatic carbocycles. The van der Waals surface area contributed by atoms with Gasteiger partial charge in [0.2, 0.25) is 0 Å². The fourth-order valence-corrected chi connectivity index (χ4v) is 3.48. The minimum absolute atomic E-state index is 0.0156. The number of hydrogen-bond acceptors (Lipinski definition) is 4. The number of nitrogens with zero attached hydrogens (tertiary/aromatic N) is 1. The van der Waals surface area contributed by atoms with Crippen molar-refractivity contribution in [2.75, 3.05) is 6.54 Å². The standard InChI is InChI=1S/C15H15N3OS2/c1-10-7-13(21-9-10)15(19)16-5-4-14-17-8-11(18-14)12-3-2-6-20-12/h2-3,6-9H,4-5H2,1H3,(H,16,19)(H,17,18). The van der Waals surface area contributed by atoms with E-state index in [0.717, 1.165) is 22.0 Å². The second-order valence-corrected chi connectivity index (χ2v) is 6.57. The molecule has 0 atom stereocenters. The Hall–Kier alpha value is -1.92. The lowest BCUT2D eigenvalue weighted by atomic mass is 10.3. The summed E-state index contributed by atoms with van der Waals surface area (Å²) in [4.78, 5) is 21.5. The highest BCUT2D eigenvalue weighted by Gasteiger charge is 2.08. The largest absolute Gasteiger partial charge is 0.351 e. The minimum atomic E-state index is -0.0156. The van der Waals surface area contributed by atoms with E-state index in [0.29, 0.717) is 13.0 Å². The Labute approximate surface area is 130 Å². The molecule has 2 N–H and O–H groups in total. The molecule has 4 nitrogen and oxygen atoms in total. The first kappa shape index (κ1) is 14.0.